The van der Waals surface area contributed by atoms with Gasteiger partial charge in [-0.1, -0.05) is 6.92 Å². The van der Waals surface area contributed by atoms with Crippen LogP contribution in [-0.2, 0) is 4.79 Å². The number of rotatable bonds is 6. The first-order valence-electron chi connectivity index (χ1n) is 6.19. The summed E-state index contributed by atoms with van der Waals surface area (Å²) < 4.78 is 0. The van der Waals surface area contributed by atoms with E-state index >= 15 is 0 Å². The predicted octanol–water partition coefficient (Wildman–Crippen LogP) is 1.29. The Morgan fingerprint density at radius 2 is 2.30 bits per heavy atom. The quantitative estimate of drug-likeness (QED) is 0.545. The molecule has 3 N–H and O–H groups in total. The molecule has 0 amide bonds. The number of thioether (sulfide) groups is 1. The highest BCUT2D eigenvalue weighted by Gasteiger charge is 2.33. The van der Waals surface area contributed by atoms with E-state index in [2.05, 4.69) is 25.3 Å². The molecule has 108 valence electrons. The lowest BCUT2D eigenvalue weighted by Crippen LogP contribution is -2.49. The van der Waals surface area contributed by atoms with Crippen LogP contribution in [0.15, 0.2) is 17.7 Å². The van der Waals surface area contributed by atoms with Crippen LogP contribution in [0.25, 0.3) is 11.2 Å². The molecule has 2 heterocycles. The predicted molar refractivity (Wildman–Crippen MR) is 76.7 cm³/mol. The number of H-pyrrole nitrogens is 1. The standard InChI is InChI=1S/C12H17N5O2S/c1-7(4-12(2,13-3)11(18)19)20-10-8-9(15-5-14-8)16-6-17-10/h5-7,13H,4H2,1-3H3,(H,18,19)(H,14,15,16,17). The van der Waals surface area contributed by atoms with Crippen molar-refractivity contribution in [2.75, 3.05) is 7.05 Å². The van der Waals surface area contributed by atoms with Gasteiger partial charge in [0.1, 0.15) is 22.4 Å². The monoisotopic (exact) mass is 295 g/mol. The number of imidazole rings is 1. The van der Waals surface area contributed by atoms with Gasteiger partial charge < -0.3 is 15.4 Å². The molecule has 0 fully saturated rings. The van der Waals surface area contributed by atoms with Crippen molar-refractivity contribution in [1.29, 1.82) is 0 Å². The molecule has 2 aromatic rings. The molecule has 2 aromatic heterocycles. The van der Waals surface area contributed by atoms with Crippen molar-refractivity contribution in [3.05, 3.63) is 12.7 Å². The maximum absolute atomic E-state index is 11.3. The summed E-state index contributed by atoms with van der Waals surface area (Å²) in [6.45, 7) is 3.66. The van der Waals surface area contributed by atoms with Crippen molar-refractivity contribution in [3.8, 4) is 0 Å². The second-order valence-electron chi connectivity index (χ2n) is 4.80. The molecule has 0 aliphatic carbocycles. The molecule has 2 atom stereocenters. The van der Waals surface area contributed by atoms with E-state index in [1.54, 1.807) is 20.3 Å². The molecule has 0 saturated carbocycles. The molecule has 0 bridgehead atoms. The molecular weight excluding hydrogens is 278 g/mol. The van der Waals surface area contributed by atoms with Crippen LogP contribution >= 0.6 is 11.8 Å². The molecule has 20 heavy (non-hydrogen) atoms. The number of carboxylic acid groups (broad SMARTS) is 1. The van der Waals surface area contributed by atoms with Crippen LogP contribution < -0.4 is 5.32 Å². The van der Waals surface area contributed by atoms with E-state index in [0.29, 0.717) is 12.1 Å². The lowest BCUT2D eigenvalue weighted by molar-refractivity contribution is -0.144. The minimum Gasteiger partial charge on any atom is -0.480 e. The summed E-state index contributed by atoms with van der Waals surface area (Å²) in [5.74, 6) is -0.859. The Kier molecular flexibility index (Phi) is 4.24. The third-order valence-corrected chi connectivity index (χ3v) is 4.32. The maximum Gasteiger partial charge on any atom is 0.323 e. The fourth-order valence-corrected chi connectivity index (χ4v) is 3.11. The number of hydrogen-bond acceptors (Lipinski definition) is 6. The van der Waals surface area contributed by atoms with Gasteiger partial charge in [-0.2, -0.15) is 0 Å². The van der Waals surface area contributed by atoms with E-state index in [-0.39, 0.29) is 5.25 Å². The van der Waals surface area contributed by atoms with Crippen LogP contribution in [-0.4, -0.2) is 48.8 Å². The van der Waals surface area contributed by atoms with Crippen LogP contribution in [0.5, 0.6) is 0 Å². The third-order valence-electron chi connectivity index (χ3n) is 3.22. The summed E-state index contributed by atoms with van der Waals surface area (Å²) in [7, 11) is 1.66. The van der Waals surface area contributed by atoms with Crippen molar-refractivity contribution in [2.24, 2.45) is 0 Å². The molecule has 0 saturated heterocycles. The Morgan fingerprint density at radius 1 is 1.55 bits per heavy atom. The SMILES string of the molecule is CNC(C)(CC(C)Sc1ncnc2nc[nH]c12)C(=O)O. The summed E-state index contributed by atoms with van der Waals surface area (Å²) in [6.07, 6.45) is 3.51. The van der Waals surface area contributed by atoms with E-state index in [0.717, 1.165) is 10.5 Å². The van der Waals surface area contributed by atoms with Crippen molar-refractivity contribution >= 4 is 28.9 Å². The average Bonchev–Trinajstić information content (AvgIpc) is 2.87. The Bertz CT molecular complexity index is 617. The normalized spacial score (nSPS) is 15.9. The molecule has 8 heteroatoms. The third kappa shape index (κ3) is 2.91. The van der Waals surface area contributed by atoms with Gasteiger partial charge in [0, 0.05) is 5.25 Å². The molecular formula is C12H17N5O2S. The average molecular weight is 295 g/mol. The first-order chi connectivity index (χ1) is 9.46. The van der Waals surface area contributed by atoms with Crippen LogP contribution in [0.3, 0.4) is 0 Å². The fraction of sp³-hybridized carbons (Fsp3) is 0.500. The second-order valence-corrected chi connectivity index (χ2v) is 6.23. The molecule has 2 unspecified atom stereocenters. The number of carboxylic acids is 1. The minimum atomic E-state index is -0.952. The van der Waals surface area contributed by atoms with E-state index in [9.17, 15) is 9.90 Å². The zero-order valence-corrected chi connectivity index (χ0v) is 12.4. The van der Waals surface area contributed by atoms with Gasteiger partial charge in [0.05, 0.1) is 6.33 Å². The van der Waals surface area contributed by atoms with E-state index in [1.165, 1.54) is 18.1 Å². The Hall–Kier alpha value is -1.67. The second kappa shape index (κ2) is 5.76. The van der Waals surface area contributed by atoms with Gasteiger partial charge in [0.25, 0.3) is 0 Å². The molecule has 0 radical (unpaired) electrons. The van der Waals surface area contributed by atoms with E-state index < -0.39 is 11.5 Å². The smallest absolute Gasteiger partial charge is 0.323 e. The van der Waals surface area contributed by atoms with E-state index in [4.69, 9.17) is 0 Å². The van der Waals surface area contributed by atoms with Gasteiger partial charge in [-0.3, -0.25) is 4.79 Å². The summed E-state index contributed by atoms with van der Waals surface area (Å²) in [4.78, 5) is 26.7. The summed E-state index contributed by atoms with van der Waals surface area (Å²) in [5, 5.41) is 13.0. The zero-order chi connectivity index (χ0) is 14.8. The zero-order valence-electron chi connectivity index (χ0n) is 11.5. The number of likely N-dealkylation sites (N-methyl/N-ethyl adjacent to an activating group) is 1. The maximum atomic E-state index is 11.3. The molecule has 0 spiro atoms. The molecule has 2 rings (SSSR count). The van der Waals surface area contributed by atoms with Crippen molar-refractivity contribution < 1.29 is 9.90 Å². The number of hydrogen-bond donors (Lipinski definition) is 3. The van der Waals surface area contributed by atoms with Crippen molar-refractivity contribution in [2.45, 2.75) is 36.1 Å². The number of fused-ring (bicyclic) bond motifs is 1. The highest BCUT2D eigenvalue weighted by atomic mass is 32.2. The lowest BCUT2D eigenvalue weighted by atomic mass is 9.96. The van der Waals surface area contributed by atoms with Crippen molar-refractivity contribution in [3.63, 3.8) is 0 Å². The first-order valence-corrected chi connectivity index (χ1v) is 7.07. The molecule has 0 aliphatic rings. The number of aliphatic carboxylic acids is 1. The molecule has 0 aliphatic heterocycles. The van der Waals surface area contributed by atoms with Gasteiger partial charge in [0.15, 0.2) is 5.65 Å². The summed E-state index contributed by atoms with van der Waals surface area (Å²) in [5.41, 5.74) is 0.446. The highest BCUT2D eigenvalue weighted by molar-refractivity contribution is 8.00. The fourth-order valence-electron chi connectivity index (χ4n) is 1.94. The minimum absolute atomic E-state index is 0.0740. The lowest BCUT2D eigenvalue weighted by Gasteiger charge is -2.27. The Balaban J connectivity index is 2.14. The number of nitrogens with one attached hydrogen (secondary N) is 2. The Morgan fingerprint density at radius 3 is 2.95 bits per heavy atom. The van der Waals surface area contributed by atoms with Crippen molar-refractivity contribution in [1.82, 2.24) is 25.3 Å². The molecule has 0 aromatic carbocycles. The number of aromatic amines is 1. The highest BCUT2D eigenvalue weighted by Crippen LogP contribution is 2.30. The topological polar surface area (TPSA) is 104 Å². The largest absolute Gasteiger partial charge is 0.480 e. The van der Waals surface area contributed by atoms with Gasteiger partial charge >= 0.3 is 5.97 Å². The van der Waals surface area contributed by atoms with Crippen LogP contribution in [0.4, 0.5) is 0 Å². The van der Waals surface area contributed by atoms with Gasteiger partial charge in [-0.05, 0) is 20.4 Å². The van der Waals surface area contributed by atoms with Gasteiger partial charge in [-0.15, -0.1) is 11.8 Å². The number of carbonyl (C=O) groups is 1. The van der Waals surface area contributed by atoms with Crippen LogP contribution in [0.1, 0.15) is 20.3 Å². The number of aromatic nitrogens is 4. The Labute approximate surface area is 120 Å². The number of nitrogens with zero attached hydrogens (tertiary/aromatic N) is 3. The van der Waals surface area contributed by atoms with Gasteiger partial charge in [0.2, 0.25) is 0 Å². The molecule has 7 nitrogen and oxygen atoms in total. The van der Waals surface area contributed by atoms with E-state index in [1.807, 2.05) is 6.92 Å². The summed E-state index contributed by atoms with van der Waals surface area (Å²) >= 11 is 1.51. The van der Waals surface area contributed by atoms with Crippen LogP contribution in [0.2, 0.25) is 0 Å². The van der Waals surface area contributed by atoms with Gasteiger partial charge in [-0.25, -0.2) is 15.0 Å². The van der Waals surface area contributed by atoms with Crippen LogP contribution in [0, 0.1) is 0 Å². The first kappa shape index (κ1) is 14.7. The summed E-state index contributed by atoms with van der Waals surface area (Å²) in [6, 6.07) is 0.